The highest BCUT2D eigenvalue weighted by molar-refractivity contribution is 6.28. The van der Waals surface area contributed by atoms with Crippen LogP contribution in [0, 0.1) is 0 Å². The summed E-state index contributed by atoms with van der Waals surface area (Å²) in [6.07, 6.45) is 6.25. The number of carbonyl (C=O) groups excluding carboxylic acids is 8. The van der Waals surface area contributed by atoms with Gasteiger partial charge in [-0.15, -0.1) is 0 Å². The molecule has 0 aromatic heterocycles. The molecule has 2 aliphatic heterocycles. The monoisotopic (exact) mass is 690 g/mol. The largest absolute Gasteiger partial charge is 0.458 e. The third kappa shape index (κ3) is 10.6. The van der Waals surface area contributed by atoms with E-state index in [-0.39, 0.29) is 37.6 Å². The Morgan fingerprint density at radius 1 is 0.460 bits per heavy atom. The normalized spacial score (nSPS) is 13.4. The van der Waals surface area contributed by atoms with Crippen LogP contribution in [0.5, 0.6) is 0 Å². The summed E-state index contributed by atoms with van der Waals surface area (Å²) >= 11 is 0. The summed E-state index contributed by atoms with van der Waals surface area (Å²) in [5, 5.41) is 5.19. The Morgan fingerprint density at radius 2 is 0.780 bits per heavy atom. The van der Waals surface area contributed by atoms with Gasteiger partial charge < -0.3 is 29.6 Å². The Labute approximate surface area is 285 Å². The zero-order chi connectivity index (χ0) is 35.9. The van der Waals surface area contributed by atoms with E-state index < -0.39 is 47.8 Å². The lowest BCUT2D eigenvalue weighted by Crippen LogP contribution is -2.29. The fraction of sp³-hybridized carbons (Fsp3) is 0.294. The van der Waals surface area contributed by atoms with Crippen molar-refractivity contribution in [3.8, 4) is 0 Å². The fourth-order valence-corrected chi connectivity index (χ4v) is 4.59. The van der Waals surface area contributed by atoms with Gasteiger partial charge in [-0.05, 0) is 61.4 Å². The van der Waals surface area contributed by atoms with Gasteiger partial charge in [0.15, 0.2) is 0 Å². The van der Waals surface area contributed by atoms with Crippen LogP contribution in [0.15, 0.2) is 72.8 Å². The predicted molar refractivity (Wildman–Crippen MR) is 174 cm³/mol. The van der Waals surface area contributed by atoms with Crippen molar-refractivity contribution in [2.45, 2.75) is 25.7 Å². The number of benzene rings is 2. The molecule has 0 unspecified atom stereocenters. The number of carbonyl (C=O) groups is 8. The molecule has 50 heavy (non-hydrogen) atoms. The van der Waals surface area contributed by atoms with Crippen LogP contribution < -0.4 is 20.4 Å². The van der Waals surface area contributed by atoms with Gasteiger partial charge in [-0.1, -0.05) is 12.8 Å². The standard InChI is InChI=1S/C34H34N4O12/c39-27-13-14-28(40)37(27)25-9-5-23(6-10-25)31(43)47-19-21-49-33(45)35-17-3-1-2-4-18-36-34(46)50-22-20-48-32(44)24-7-11-26(12-8-24)38-29(41)15-16-30(38)42/h5-16H,1-4,17-22H2,(H,35,45)(H,36,46). The second-order valence-electron chi connectivity index (χ2n) is 10.6. The van der Waals surface area contributed by atoms with Crippen molar-refractivity contribution in [2.24, 2.45) is 0 Å². The van der Waals surface area contributed by atoms with Crippen LogP contribution >= 0.6 is 0 Å². The molecule has 16 heteroatoms. The highest BCUT2D eigenvalue weighted by Crippen LogP contribution is 2.21. The zero-order valence-corrected chi connectivity index (χ0v) is 26.8. The van der Waals surface area contributed by atoms with Gasteiger partial charge in [-0.25, -0.2) is 29.0 Å². The molecule has 2 aromatic carbocycles. The number of nitrogens with one attached hydrogen (secondary N) is 2. The fourth-order valence-electron chi connectivity index (χ4n) is 4.59. The van der Waals surface area contributed by atoms with Crippen LogP contribution in [0.2, 0.25) is 0 Å². The van der Waals surface area contributed by atoms with Gasteiger partial charge in [0.25, 0.3) is 23.6 Å². The van der Waals surface area contributed by atoms with Crippen LogP contribution in [0.1, 0.15) is 46.4 Å². The Hall–Kier alpha value is -6.32. The summed E-state index contributed by atoms with van der Waals surface area (Å²) < 4.78 is 20.1. The molecule has 0 bridgehead atoms. The molecular weight excluding hydrogens is 656 g/mol. The Morgan fingerprint density at radius 3 is 1.12 bits per heavy atom. The number of rotatable bonds is 17. The molecule has 0 spiro atoms. The van der Waals surface area contributed by atoms with Crippen LogP contribution in [-0.4, -0.2) is 87.3 Å². The van der Waals surface area contributed by atoms with E-state index in [4.69, 9.17) is 18.9 Å². The maximum absolute atomic E-state index is 12.2. The van der Waals surface area contributed by atoms with Crippen molar-refractivity contribution < 1.29 is 57.3 Å². The van der Waals surface area contributed by atoms with Crippen LogP contribution in [0.4, 0.5) is 21.0 Å². The van der Waals surface area contributed by atoms with Crippen molar-refractivity contribution in [1.29, 1.82) is 0 Å². The molecule has 0 radical (unpaired) electrons. The second kappa shape index (κ2) is 18.3. The quantitative estimate of drug-likeness (QED) is 0.106. The number of ether oxygens (including phenoxy) is 4. The summed E-state index contributed by atoms with van der Waals surface area (Å²) in [6, 6.07) is 11.5. The first-order valence-electron chi connectivity index (χ1n) is 15.6. The third-order valence-electron chi connectivity index (χ3n) is 7.08. The summed E-state index contributed by atoms with van der Waals surface area (Å²) in [5.41, 5.74) is 1.06. The molecule has 6 amide bonds. The van der Waals surface area contributed by atoms with Crippen molar-refractivity contribution in [2.75, 3.05) is 49.3 Å². The molecule has 2 aromatic rings. The summed E-state index contributed by atoms with van der Waals surface area (Å²) in [5.74, 6) is -3.18. The predicted octanol–water partition coefficient (Wildman–Crippen LogP) is 2.57. The van der Waals surface area contributed by atoms with Gasteiger partial charge >= 0.3 is 24.1 Å². The van der Waals surface area contributed by atoms with Crippen molar-refractivity contribution in [3.05, 3.63) is 84.0 Å². The lowest BCUT2D eigenvalue weighted by molar-refractivity contribution is -0.121. The smallest absolute Gasteiger partial charge is 0.407 e. The first-order chi connectivity index (χ1) is 24.1. The number of anilines is 2. The maximum Gasteiger partial charge on any atom is 0.407 e. The van der Waals surface area contributed by atoms with Gasteiger partial charge in [0.2, 0.25) is 0 Å². The zero-order valence-electron chi connectivity index (χ0n) is 26.8. The number of alkyl carbamates (subject to hydrolysis) is 2. The SMILES string of the molecule is O=C(NCCCCCCNC(=O)OCCOC(=O)c1ccc(N2C(=O)C=CC2=O)cc1)OCCOC(=O)c1ccc(N2C(=O)C=CC2=O)cc1. The van der Waals surface area contributed by atoms with Crippen molar-refractivity contribution in [1.82, 2.24) is 10.6 Å². The molecule has 0 fully saturated rings. The first-order valence-corrected chi connectivity index (χ1v) is 15.6. The number of amides is 6. The molecule has 16 nitrogen and oxygen atoms in total. The number of nitrogens with zero attached hydrogens (tertiary/aromatic N) is 2. The topological polar surface area (TPSA) is 204 Å². The average molecular weight is 691 g/mol. The molecule has 0 atom stereocenters. The Bertz CT molecular complexity index is 1510. The molecular formula is C34H34N4O12. The molecule has 0 saturated heterocycles. The molecule has 0 aliphatic carbocycles. The van der Waals surface area contributed by atoms with E-state index >= 15 is 0 Å². The second-order valence-corrected chi connectivity index (χ2v) is 10.6. The van der Waals surface area contributed by atoms with E-state index in [1.54, 1.807) is 0 Å². The van der Waals surface area contributed by atoms with E-state index in [1.165, 1.54) is 48.5 Å². The van der Waals surface area contributed by atoms with Crippen LogP contribution in [-0.2, 0) is 38.1 Å². The summed E-state index contributed by atoms with van der Waals surface area (Å²) in [7, 11) is 0. The van der Waals surface area contributed by atoms with E-state index in [9.17, 15) is 38.4 Å². The Kier molecular flexibility index (Phi) is 13.4. The Balaban J connectivity index is 0.945. The number of hydrogen-bond acceptors (Lipinski definition) is 12. The van der Waals surface area contributed by atoms with Gasteiger partial charge in [0.1, 0.15) is 26.4 Å². The highest BCUT2D eigenvalue weighted by Gasteiger charge is 2.26. The molecule has 4 rings (SSSR count). The van der Waals surface area contributed by atoms with Gasteiger partial charge in [-0.2, -0.15) is 0 Å². The third-order valence-corrected chi connectivity index (χ3v) is 7.08. The number of esters is 2. The van der Waals surface area contributed by atoms with E-state index in [2.05, 4.69) is 10.6 Å². The molecule has 2 aliphatic rings. The summed E-state index contributed by atoms with van der Waals surface area (Å²) in [6.45, 7) is 0.112. The van der Waals surface area contributed by atoms with Crippen LogP contribution in [0.25, 0.3) is 0 Å². The van der Waals surface area contributed by atoms with E-state index in [0.717, 1.165) is 46.9 Å². The minimum Gasteiger partial charge on any atom is -0.458 e. The lowest BCUT2D eigenvalue weighted by atomic mass is 10.2. The van der Waals surface area contributed by atoms with Crippen molar-refractivity contribution in [3.63, 3.8) is 0 Å². The number of unbranched alkanes of at least 4 members (excludes halogenated alkanes) is 3. The number of imide groups is 2. The summed E-state index contributed by atoms with van der Waals surface area (Å²) in [4.78, 5) is 96.9. The molecule has 2 heterocycles. The minimum absolute atomic E-state index is 0.151. The van der Waals surface area contributed by atoms with Gasteiger partial charge in [0.05, 0.1) is 22.5 Å². The number of hydrogen-bond donors (Lipinski definition) is 2. The minimum atomic E-state index is -0.655. The van der Waals surface area contributed by atoms with E-state index in [1.807, 2.05) is 0 Å². The van der Waals surface area contributed by atoms with Gasteiger partial charge in [0, 0.05) is 37.4 Å². The molecule has 2 N–H and O–H groups in total. The van der Waals surface area contributed by atoms with Crippen LogP contribution in [0.3, 0.4) is 0 Å². The van der Waals surface area contributed by atoms with E-state index in [0.29, 0.717) is 37.3 Å². The highest BCUT2D eigenvalue weighted by atomic mass is 16.6. The molecule has 262 valence electrons. The molecule has 0 saturated carbocycles. The lowest BCUT2D eigenvalue weighted by Gasteiger charge is -2.14. The van der Waals surface area contributed by atoms with Crippen molar-refractivity contribution >= 4 is 59.1 Å². The van der Waals surface area contributed by atoms with Gasteiger partial charge in [-0.3, -0.25) is 19.2 Å². The first kappa shape index (κ1) is 36.5. The average Bonchev–Trinajstić information content (AvgIpc) is 3.64. The maximum atomic E-state index is 12.2.